The molecule has 0 spiro atoms. The summed E-state index contributed by atoms with van der Waals surface area (Å²) in [5.74, 6) is -1.25. The van der Waals surface area contributed by atoms with E-state index in [-0.39, 0.29) is 27.3 Å². The van der Waals surface area contributed by atoms with Gasteiger partial charge >= 0.3 is 5.97 Å². The first-order chi connectivity index (χ1) is 13.8. The lowest BCUT2D eigenvalue weighted by atomic mass is 10.2. The van der Waals surface area contributed by atoms with Crippen LogP contribution in [0.2, 0.25) is 5.02 Å². The number of nitrogens with one attached hydrogen (secondary N) is 1. The summed E-state index contributed by atoms with van der Waals surface area (Å²) in [5, 5.41) is 8.61. The van der Waals surface area contributed by atoms with E-state index in [0.717, 1.165) is 12.8 Å². The van der Waals surface area contributed by atoms with Crippen molar-refractivity contribution < 1.29 is 27.9 Å². The number of likely N-dealkylation sites (tertiary alicyclic amines) is 1. The number of ether oxygens (including phenoxy) is 1. The summed E-state index contributed by atoms with van der Waals surface area (Å²) < 4.78 is 32.7. The highest BCUT2D eigenvalue weighted by Gasteiger charge is 2.21. The molecule has 8 nitrogen and oxygen atoms in total. The first-order valence-corrected chi connectivity index (χ1v) is 10.7. The number of hydrogen-bond donors (Lipinski definition) is 2. The Morgan fingerprint density at radius 2 is 1.86 bits per heavy atom. The van der Waals surface area contributed by atoms with Gasteiger partial charge in [0.15, 0.2) is 6.61 Å². The third kappa shape index (κ3) is 5.18. The summed E-state index contributed by atoms with van der Waals surface area (Å²) in [5.41, 5.74) is 0.653. The molecule has 1 amide bonds. The fourth-order valence-electron chi connectivity index (χ4n) is 2.94. The van der Waals surface area contributed by atoms with Crippen molar-refractivity contribution in [3.8, 4) is 5.75 Å². The minimum absolute atomic E-state index is 0.0351. The van der Waals surface area contributed by atoms with Crippen LogP contribution >= 0.6 is 11.6 Å². The topological polar surface area (TPSA) is 113 Å². The average Bonchev–Trinajstić information content (AvgIpc) is 3.21. The molecule has 1 saturated heterocycles. The summed E-state index contributed by atoms with van der Waals surface area (Å²) in [6, 6.07) is 9.99. The zero-order chi connectivity index (χ0) is 21.0. The molecule has 0 aliphatic carbocycles. The van der Waals surface area contributed by atoms with Gasteiger partial charge in [0.05, 0.1) is 9.92 Å². The monoisotopic (exact) mass is 438 g/mol. The quantitative estimate of drug-likeness (QED) is 0.687. The van der Waals surface area contributed by atoms with Crippen LogP contribution in [-0.2, 0) is 14.8 Å². The van der Waals surface area contributed by atoms with E-state index in [2.05, 4.69) is 4.72 Å². The van der Waals surface area contributed by atoms with Crippen LogP contribution in [0.4, 0.5) is 5.69 Å². The number of nitrogens with zero attached hydrogens (tertiary/aromatic N) is 1. The molecule has 0 radical (unpaired) electrons. The minimum atomic E-state index is -3.98. The summed E-state index contributed by atoms with van der Waals surface area (Å²) in [6.45, 7) is 0.801. The van der Waals surface area contributed by atoms with E-state index in [9.17, 15) is 18.0 Å². The number of amides is 1. The summed E-state index contributed by atoms with van der Waals surface area (Å²) in [7, 11) is -3.98. The molecule has 2 aromatic rings. The maximum atomic E-state index is 12.7. The lowest BCUT2D eigenvalue weighted by Crippen LogP contribution is -2.27. The number of carboxylic acids is 1. The first-order valence-electron chi connectivity index (χ1n) is 8.82. The average molecular weight is 439 g/mol. The van der Waals surface area contributed by atoms with Crippen molar-refractivity contribution >= 4 is 39.2 Å². The molecule has 0 aromatic heterocycles. The van der Waals surface area contributed by atoms with Gasteiger partial charge in [0, 0.05) is 24.3 Å². The van der Waals surface area contributed by atoms with Crippen molar-refractivity contribution in [3.63, 3.8) is 0 Å². The van der Waals surface area contributed by atoms with Gasteiger partial charge in [-0.05, 0) is 49.2 Å². The zero-order valence-corrected chi connectivity index (χ0v) is 16.9. The molecule has 3 rings (SSSR count). The SMILES string of the molecule is O=C(O)COc1ccc(S(=O)(=O)Nc2cccc(C(=O)N3CCCC3)c2)cc1Cl. The molecule has 0 atom stereocenters. The number of carboxylic acid groups (broad SMARTS) is 1. The second-order valence-electron chi connectivity index (χ2n) is 6.46. The minimum Gasteiger partial charge on any atom is -0.480 e. The number of sulfonamides is 1. The molecule has 2 aromatic carbocycles. The highest BCUT2D eigenvalue weighted by atomic mass is 35.5. The molecular weight excluding hydrogens is 420 g/mol. The first kappa shape index (κ1) is 20.9. The third-order valence-electron chi connectivity index (χ3n) is 4.32. The molecule has 154 valence electrons. The van der Waals surface area contributed by atoms with Crippen LogP contribution in [0.5, 0.6) is 5.75 Å². The maximum absolute atomic E-state index is 12.7. The maximum Gasteiger partial charge on any atom is 0.341 e. The molecule has 1 aliphatic rings. The number of carbonyl (C=O) groups is 2. The summed E-state index contributed by atoms with van der Waals surface area (Å²) in [4.78, 5) is 24.7. The van der Waals surface area contributed by atoms with Crippen LogP contribution in [0.15, 0.2) is 47.4 Å². The van der Waals surface area contributed by atoms with Gasteiger partial charge in [0.1, 0.15) is 5.75 Å². The van der Waals surface area contributed by atoms with Crippen molar-refractivity contribution in [2.24, 2.45) is 0 Å². The van der Waals surface area contributed by atoms with Crippen LogP contribution in [0.25, 0.3) is 0 Å². The molecule has 0 saturated carbocycles. The number of halogens is 1. The normalized spacial score (nSPS) is 13.9. The second-order valence-corrected chi connectivity index (χ2v) is 8.55. The summed E-state index contributed by atoms with van der Waals surface area (Å²) in [6.07, 6.45) is 1.93. The lowest BCUT2D eigenvalue weighted by molar-refractivity contribution is -0.139. The van der Waals surface area contributed by atoms with Gasteiger partial charge in [0.2, 0.25) is 0 Å². The third-order valence-corrected chi connectivity index (χ3v) is 5.99. The second kappa shape index (κ2) is 8.71. The number of hydrogen-bond acceptors (Lipinski definition) is 5. The van der Waals surface area contributed by atoms with E-state index in [0.29, 0.717) is 18.7 Å². The van der Waals surface area contributed by atoms with Gasteiger partial charge < -0.3 is 14.7 Å². The largest absolute Gasteiger partial charge is 0.480 e. The highest BCUT2D eigenvalue weighted by Crippen LogP contribution is 2.28. The highest BCUT2D eigenvalue weighted by molar-refractivity contribution is 7.92. The Bertz CT molecular complexity index is 1030. The van der Waals surface area contributed by atoms with E-state index in [1.54, 1.807) is 23.1 Å². The fourth-order valence-corrected chi connectivity index (χ4v) is 4.31. The zero-order valence-electron chi connectivity index (χ0n) is 15.3. The molecule has 1 heterocycles. The van der Waals surface area contributed by atoms with E-state index < -0.39 is 22.6 Å². The summed E-state index contributed by atoms with van der Waals surface area (Å²) >= 11 is 6.00. The number of anilines is 1. The molecule has 0 unspecified atom stereocenters. The van der Waals surface area contributed by atoms with E-state index in [4.69, 9.17) is 21.4 Å². The van der Waals surface area contributed by atoms with Crippen molar-refractivity contribution in [3.05, 3.63) is 53.1 Å². The van der Waals surface area contributed by atoms with Crippen LogP contribution in [0, 0.1) is 0 Å². The lowest BCUT2D eigenvalue weighted by Gasteiger charge is -2.16. The van der Waals surface area contributed by atoms with Crippen LogP contribution in [0.3, 0.4) is 0 Å². The molecule has 2 N–H and O–H groups in total. The Kier molecular flexibility index (Phi) is 6.29. The van der Waals surface area contributed by atoms with Gasteiger partial charge in [-0.15, -0.1) is 0 Å². The number of rotatable bonds is 7. The predicted molar refractivity (Wildman–Crippen MR) is 107 cm³/mol. The molecule has 29 heavy (non-hydrogen) atoms. The van der Waals surface area contributed by atoms with Crippen molar-refractivity contribution in [2.45, 2.75) is 17.7 Å². The molecule has 0 bridgehead atoms. The fraction of sp³-hybridized carbons (Fsp3) is 0.263. The van der Waals surface area contributed by atoms with Crippen LogP contribution < -0.4 is 9.46 Å². The van der Waals surface area contributed by atoms with Gasteiger partial charge in [-0.2, -0.15) is 0 Å². The van der Waals surface area contributed by atoms with Crippen LogP contribution in [0.1, 0.15) is 23.2 Å². The Balaban J connectivity index is 1.77. The van der Waals surface area contributed by atoms with Crippen molar-refractivity contribution in [2.75, 3.05) is 24.4 Å². The van der Waals surface area contributed by atoms with Gasteiger partial charge in [-0.3, -0.25) is 9.52 Å². The van der Waals surface area contributed by atoms with Crippen molar-refractivity contribution in [1.82, 2.24) is 4.90 Å². The van der Waals surface area contributed by atoms with Gasteiger partial charge in [-0.25, -0.2) is 13.2 Å². The Hall–Kier alpha value is -2.78. The van der Waals surface area contributed by atoms with Gasteiger partial charge in [-0.1, -0.05) is 17.7 Å². The smallest absolute Gasteiger partial charge is 0.341 e. The molecular formula is C19H19ClN2O6S. The number of carbonyl (C=O) groups excluding carboxylic acids is 1. The van der Waals surface area contributed by atoms with E-state index in [1.807, 2.05) is 0 Å². The van der Waals surface area contributed by atoms with E-state index >= 15 is 0 Å². The Morgan fingerprint density at radius 3 is 2.52 bits per heavy atom. The van der Waals surface area contributed by atoms with Crippen LogP contribution in [-0.4, -0.2) is 50.0 Å². The standard InChI is InChI=1S/C19H19ClN2O6S/c20-16-11-15(6-7-17(16)28-12-18(23)24)29(26,27)21-14-5-3-4-13(10-14)19(25)22-8-1-2-9-22/h3-7,10-11,21H,1-2,8-9,12H2,(H,23,24). The van der Waals surface area contributed by atoms with Gasteiger partial charge in [0.25, 0.3) is 15.9 Å². The number of benzene rings is 2. The van der Waals surface area contributed by atoms with E-state index in [1.165, 1.54) is 24.3 Å². The molecule has 1 aliphatic heterocycles. The Morgan fingerprint density at radius 1 is 1.14 bits per heavy atom. The Labute approximate surface area is 173 Å². The number of aliphatic carboxylic acids is 1. The molecule has 10 heteroatoms. The molecule has 1 fully saturated rings. The van der Waals surface area contributed by atoms with Crippen molar-refractivity contribution in [1.29, 1.82) is 0 Å². The predicted octanol–water partition coefficient (Wildman–Crippen LogP) is 2.84.